The van der Waals surface area contributed by atoms with E-state index in [1.807, 2.05) is 18.4 Å². The van der Waals surface area contributed by atoms with Crippen LogP contribution in [0, 0.1) is 6.92 Å². The smallest absolute Gasteiger partial charge is 0.275 e. The van der Waals surface area contributed by atoms with Crippen LogP contribution in [0.5, 0.6) is 0 Å². The summed E-state index contributed by atoms with van der Waals surface area (Å²) in [6, 6.07) is 3.72. The average molecular weight is 288 g/mol. The first kappa shape index (κ1) is 12.6. The van der Waals surface area contributed by atoms with Gasteiger partial charge in [-0.2, -0.15) is 4.98 Å². The van der Waals surface area contributed by atoms with Crippen molar-refractivity contribution in [2.45, 2.75) is 18.6 Å². The fourth-order valence-corrected chi connectivity index (χ4v) is 2.84. The Morgan fingerprint density at radius 3 is 2.76 bits per heavy atom. The molecule has 0 aliphatic carbocycles. The number of hydrogen-bond acceptors (Lipinski definition) is 5. The average Bonchev–Trinajstić information content (AvgIpc) is 2.69. The summed E-state index contributed by atoms with van der Waals surface area (Å²) in [5.41, 5.74) is -0.272. The molecule has 4 nitrogen and oxygen atoms in total. The van der Waals surface area contributed by atoms with Crippen molar-refractivity contribution >= 4 is 34.7 Å². The molecule has 0 bridgehead atoms. The van der Waals surface area contributed by atoms with Crippen molar-refractivity contribution in [1.82, 2.24) is 14.5 Å². The summed E-state index contributed by atoms with van der Waals surface area (Å²) in [6.07, 6.45) is 1.84. The van der Waals surface area contributed by atoms with Crippen molar-refractivity contribution in [1.29, 1.82) is 0 Å². The number of nitrogens with zero attached hydrogens (tertiary/aromatic N) is 3. The summed E-state index contributed by atoms with van der Waals surface area (Å²) >= 11 is 8.67. The molecule has 0 saturated carbocycles. The summed E-state index contributed by atoms with van der Waals surface area (Å²) in [5.74, 6) is 0.666. The first-order chi connectivity index (χ1) is 8.10. The molecule has 0 fully saturated rings. The zero-order chi connectivity index (χ0) is 12.4. The Kier molecular flexibility index (Phi) is 3.86. The number of hydrogen-bond donors (Lipinski definition) is 0. The number of thiophene rings is 1. The lowest BCUT2D eigenvalue weighted by molar-refractivity contribution is 0.640. The molecular formula is C10H10ClN3OS2. The third-order valence-electron chi connectivity index (χ3n) is 2.20. The molecule has 0 N–H and O–H groups in total. The predicted molar refractivity (Wildman–Crippen MR) is 71.2 cm³/mol. The Hall–Kier alpha value is -0.850. The Bertz CT molecular complexity index is 593. The molecule has 90 valence electrons. The van der Waals surface area contributed by atoms with Crippen molar-refractivity contribution in [2.75, 3.05) is 6.26 Å². The van der Waals surface area contributed by atoms with Gasteiger partial charge in [0.05, 0.1) is 10.9 Å². The first-order valence-electron chi connectivity index (χ1n) is 4.84. The molecule has 2 aromatic rings. The van der Waals surface area contributed by atoms with Gasteiger partial charge in [0.1, 0.15) is 5.82 Å². The van der Waals surface area contributed by atoms with Crippen LogP contribution in [0.1, 0.15) is 10.7 Å². The molecule has 0 saturated heterocycles. The molecule has 0 aliphatic rings. The van der Waals surface area contributed by atoms with E-state index in [1.165, 1.54) is 23.1 Å². The second-order valence-corrected chi connectivity index (χ2v) is 5.91. The van der Waals surface area contributed by atoms with Gasteiger partial charge in [-0.05, 0) is 25.3 Å². The zero-order valence-corrected chi connectivity index (χ0v) is 11.7. The lowest BCUT2D eigenvalue weighted by Gasteiger charge is -2.07. The van der Waals surface area contributed by atoms with E-state index in [4.69, 9.17) is 11.6 Å². The Morgan fingerprint density at radius 2 is 2.24 bits per heavy atom. The van der Waals surface area contributed by atoms with Crippen molar-refractivity contribution in [3.63, 3.8) is 0 Å². The van der Waals surface area contributed by atoms with E-state index in [2.05, 4.69) is 9.97 Å². The third-order valence-corrected chi connectivity index (χ3v) is 3.96. The first-order valence-corrected chi connectivity index (χ1v) is 7.26. The van der Waals surface area contributed by atoms with Gasteiger partial charge in [-0.3, -0.25) is 4.57 Å². The minimum Gasteiger partial charge on any atom is -0.275 e. The minimum absolute atomic E-state index is 0.272. The lowest BCUT2D eigenvalue weighted by Crippen LogP contribution is -2.27. The third kappa shape index (κ3) is 2.88. The second-order valence-electron chi connectivity index (χ2n) is 3.33. The summed E-state index contributed by atoms with van der Waals surface area (Å²) < 4.78 is 2.26. The van der Waals surface area contributed by atoms with Crippen molar-refractivity contribution in [3.8, 4) is 0 Å². The molecule has 0 atom stereocenters. The molecule has 0 aromatic carbocycles. The minimum atomic E-state index is -0.272. The molecule has 0 unspecified atom stereocenters. The van der Waals surface area contributed by atoms with Gasteiger partial charge in [-0.1, -0.05) is 23.4 Å². The van der Waals surface area contributed by atoms with Gasteiger partial charge >= 0.3 is 5.69 Å². The normalized spacial score (nSPS) is 10.8. The number of aryl methyl sites for hydroxylation is 1. The quantitative estimate of drug-likeness (QED) is 0.814. The molecule has 0 aliphatic heterocycles. The maximum atomic E-state index is 11.8. The second kappa shape index (κ2) is 5.20. The van der Waals surface area contributed by atoms with E-state index in [0.717, 1.165) is 4.88 Å². The SMILES string of the molecule is CSc1nc(C)n(Cc2ccc(Cl)s2)c(=O)n1. The highest BCUT2D eigenvalue weighted by Crippen LogP contribution is 2.22. The number of aromatic nitrogens is 3. The number of rotatable bonds is 3. The monoisotopic (exact) mass is 287 g/mol. The van der Waals surface area contributed by atoms with Crippen LogP contribution in [0.15, 0.2) is 22.1 Å². The van der Waals surface area contributed by atoms with E-state index < -0.39 is 0 Å². The lowest BCUT2D eigenvalue weighted by atomic mass is 10.4. The van der Waals surface area contributed by atoms with Crippen LogP contribution in [0.4, 0.5) is 0 Å². The van der Waals surface area contributed by atoms with Crippen molar-refractivity contribution in [2.24, 2.45) is 0 Å². The van der Waals surface area contributed by atoms with Crippen LogP contribution >= 0.6 is 34.7 Å². The highest BCUT2D eigenvalue weighted by atomic mass is 35.5. The van der Waals surface area contributed by atoms with Gasteiger partial charge in [-0.15, -0.1) is 11.3 Å². The highest BCUT2D eigenvalue weighted by molar-refractivity contribution is 7.98. The standard InChI is InChI=1S/C10H10ClN3OS2/c1-6-12-9(16-2)13-10(15)14(6)5-7-3-4-8(11)17-7/h3-4H,5H2,1-2H3. The summed E-state index contributed by atoms with van der Waals surface area (Å²) in [4.78, 5) is 20.9. The van der Waals surface area contributed by atoms with Gasteiger partial charge in [-0.25, -0.2) is 9.78 Å². The van der Waals surface area contributed by atoms with E-state index in [-0.39, 0.29) is 5.69 Å². The molecule has 2 aromatic heterocycles. The van der Waals surface area contributed by atoms with Gasteiger partial charge in [0.15, 0.2) is 5.16 Å². The highest BCUT2D eigenvalue weighted by Gasteiger charge is 2.08. The zero-order valence-electron chi connectivity index (χ0n) is 9.31. The largest absolute Gasteiger partial charge is 0.351 e. The molecular weight excluding hydrogens is 278 g/mol. The van der Waals surface area contributed by atoms with Crippen LogP contribution < -0.4 is 5.69 Å². The van der Waals surface area contributed by atoms with Gasteiger partial charge in [0, 0.05) is 4.88 Å². The van der Waals surface area contributed by atoms with Gasteiger partial charge in [0.2, 0.25) is 0 Å². The van der Waals surface area contributed by atoms with Crippen LogP contribution in [-0.2, 0) is 6.54 Å². The van der Waals surface area contributed by atoms with E-state index in [0.29, 0.717) is 21.9 Å². The number of thioether (sulfide) groups is 1. The van der Waals surface area contributed by atoms with Crippen molar-refractivity contribution in [3.05, 3.63) is 37.7 Å². The molecule has 0 spiro atoms. The van der Waals surface area contributed by atoms with E-state index >= 15 is 0 Å². The van der Waals surface area contributed by atoms with Crippen molar-refractivity contribution < 1.29 is 0 Å². The molecule has 0 radical (unpaired) electrons. The maximum absolute atomic E-state index is 11.8. The van der Waals surface area contributed by atoms with Crippen LogP contribution in [-0.4, -0.2) is 20.8 Å². The molecule has 17 heavy (non-hydrogen) atoms. The Balaban J connectivity index is 2.36. The number of halogens is 1. The fourth-order valence-electron chi connectivity index (χ4n) is 1.37. The van der Waals surface area contributed by atoms with Crippen LogP contribution in [0.25, 0.3) is 0 Å². The molecule has 0 amide bonds. The summed E-state index contributed by atoms with van der Waals surface area (Å²) in [6.45, 7) is 2.27. The molecule has 2 rings (SSSR count). The topological polar surface area (TPSA) is 47.8 Å². The van der Waals surface area contributed by atoms with E-state index in [9.17, 15) is 4.79 Å². The van der Waals surface area contributed by atoms with Gasteiger partial charge < -0.3 is 0 Å². The Morgan fingerprint density at radius 1 is 1.47 bits per heavy atom. The maximum Gasteiger partial charge on any atom is 0.351 e. The summed E-state index contributed by atoms with van der Waals surface area (Å²) in [5, 5.41) is 0.507. The molecule has 2 heterocycles. The predicted octanol–water partition coefficient (Wildman–Crippen LogP) is 2.43. The van der Waals surface area contributed by atoms with E-state index in [1.54, 1.807) is 11.5 Å². The van der Waals surface area contributed by atoms with Crippen LogP contribution in [0.3, 0.4) is 0 Å². The van der Waals surface area contributed by atoms with Crippen LogP contribution in [0.2, 0.25) is 4.34 Å². The molecule has 7 heteroatoms. The summed E-state index contributed by atoms with van der Waals surface area (Å²) in [7, 11) is 0. The van der Waals surface area contributed by atoms with Gasteiger partial charge in [0.25, 0.3) is 0 Å². The Labute approximate surface area is 112 Å². The fraction of sp³-hybridized carbons (Fsp3) is 0.300.